The van der Waals surface area contributed by atoms with Gasteiger partial charge in [0.25, 0.3) is 0 Å². The van der Waals surface area contributed by atoms with Crippen molar-refractivity contribution in [3.63, 3.8) is 0 Å². The van der Waals surface area contributed by atoms with Gasteiger partial charge in [-0.2, -0.15) is 0 Å². The van der Waals surface area contributed by atoms with E-state index < -0.39 is 0 Å². The Morgan fingerprint density at radius 3 is 2.46 bits per heavy atom. The summed E-state index contributed by atoms with van der Waals surface area (Å²) in [6.45, 7) is 9.99. The van der Waals surface area contributed by atoms with Crippen LogP contribution in [0.2, 0.25) is 0 Å². The molecule has 0 spiro atoms. The summed E-state index contributed by atoms with van der Waals surface area (Å²) in [5, 5.41) is 3.18. The molecule has 0 bridgehead atoms. The van der Waals surface area contributed by atoms with Crippen LogP contribution in [0.1, 0.15) is 27.7 Å². The zero-order valence-electron chi connectivity index (χ0n) is 8.82. The average Bonchev–Trinajstić information content (AvgIpc) is 2.50. The van der Waals surface area contributed by atoms with Gasteiger partial charge in [0.15, 0.2) is 5.13 Å². The number of nitrogens with zero attached hydrogens (tertiary/aromatic N) is 2. The first-order chi connectivity index (χ1) is 6.11. The molecule has 74 valence electrons. The second kappa shape index (κ2) is 4.61. The molecule has 1 aromatic heterocycles. The van der Waals surface area contributed by atoms with Gasteiger partial charge < -0.3 is 4.90 Å². The van der Waals surface area contributed by atoms with Crippen molar-refractivity contribution in [1.29, 1.82) is 0 Å². The molecule has 2 nitrogen and oxygen atoms in total. The third kappa shape index (κ3) is 2.99. The summed E-state index contributed by atoms with van der Waals surface area (Å²) >= 11 is 1.72. The van der Waals surface area contributed by atoms with Gasteiger partial charge in [-0.05, 0) is 19.8 Å². The molecule has 1 heterocycles. The Balaban J connectivity index is 2.69. The molecule has 0 unspecified atom stereocenters. The zero-order valence-corrected chi connectivity index (χ0v) is 9.64. The molecule has 0 saturated heterocycles. The molecule has 0 N–H and O–H groups in total. The minimum absolute atomic E-state index is 0.536. The van der Waals surface area contributed by atoms with Crippen molar-refractivity contribution >= 4 is 16.5 Å². The van der Waals surface area contributed by atoms with Crippen LogP contribution >= 0.6 is 11.3 Å². The van der Waals surface area contributed by atoms with Gasteiger partial charge in [-0.15, -0.1) is 11.3 Å². The molecular weight excluding hydrogens is 180 g/mol. The quantitative estimate of drug-likeness (QED) is 0.739. The Morgan fingerprint density at radius 2 is 2.08 bits per heavy atom. The van der Waals surface area contributed by atoms with Crippen LogP contribution in [0.25, 0.3) is 0 Å². The molecule has 1 rings (SSSR count). The lowest BCUT2D eigenvalue weighted by Crippen LogP contribution is -2.33. The highest BCUT2D eigenvalue weighted by Gasteiger charge is 2.13. The van der Waals surface area contributed by atoms with Crippen LogP contribution in [0.3, 0.4) is 0 Å². The van der Waals surface area contributed by atoms with Gasteiger partial charge in [-0.3, -0.25) is 0 Å². The number of hydrogen-bond acceptors (Lipinski definition) is 3. The summed E-state index contributed by atoms with van der Waals surface area (Å²) in [4.78, 5) is 6.69. The van der Waals surface area contributed by atoms with E-state index in [0.717, 1.165) is 11.7 Å². The van der Waals surface area contributed by atoms with Crippen molar-refractivity contribution in [3.8, 4) is 0 Å². The first-order valence-electron chi connectivity index (χ1n) is 4.77. The van der Waals surface area contributed by atoms with Crippen LogP contribution in [0.4, 0.5) is 5.13 Å². The van der Waals surface area contributed by atoms with Gasteiger partial charge >= 0.3 is 0 Å². The normalized spacial score (nSPS) is 11.2. The van der Waals surface area contributed by atoms with E-state index in [2.05, 4.69) is 37.6 Å². The molecule has 0 radical (unpaired) electrons. The van der Waals surface area contributed by atoms with Crippen LogP contribution in [-0.4, -0.2) is 17.6 Å². The van der Waals surface area contributed by atoms with Crippen LogP contribution in [-0.2, 0) is 0 Å². The Hall–Kier alpha value is -0.570. The van der Waals surface area contributed by atoms with E-state index in [-0.39, 0.29) is 0 Å². The molecule has 3 heteroatoms. The van der Waals surface area contributed by atoms with Crippen molar-refractivity contribution in [3.05, 3.63) is 11.6 Å². The topological polar surface area (TPSA) is 16.1 Å². The molecule has 0 amide bonds. The molecule has 0 aromatic carbocycles. The molecule has 0 aliphatic carbocycles. The SMILES string of the molecule is CC(C)CN(c1nccs1)C(C)C. The van der Waals surface area contributed by atoms with Crippen LogP contribution in [0, 0.1) is 5.92 Å². The number of hydrogen-bond donors (Lipinski definition) is 0. The Bertz CT molecular complexity index is 229. The summed E-state index contributed by atoms with van der Waals surface area (Å²) in [7, 11) is 0. The third-order valence-corrected chi connectivity index (χ3v) is 2.66. The maximum atomic E-state index is 4.34. The van der Waals surface area contributed by atoms with E-state index in [4.69, 9.17) is 0 Å². The number of rotatable bonds is 4. The van der Waals surface area contributed by atoms with Gasteiger partial charge in [-0.1, -0.05) is 13.8 Å². The van der Waals surface area contributed by atoms with Crippen molar-refractivity contribution in [2.24, 2.45) is 5.92 Å². The van der Waals surface area contributed by atoms with E-state index >= 15 is 0 Å². The predicted molar refractivity (Wildman–Crippen MR) is 59.4 cm³/mol. The highest BCUT2D eigenvalue weighted by molar-refractivity contribution is 7.13. The van der Waals surface area contributed by atoms with Gasteiger partial charge in [0.1, 0.15) is 0 Å². The molecule has 0 aliphatic rings. The summed E-state index contributed by atoms with van der Waals surface area (Å²) in [6.07, 6.45) is 1.87. The summed E-state index contributed by atoms with van der Waals surface area (Å²) in [6, 6.07) is 0.536. The minimum atomic E-state index is 0.536. The summed E-state index contributed by atoms with van der Waals surface area (Å²) < 4.78 is 0. The van der Waals surface area contributed by atoms with E-state index in [1.807, 2.05) is 11.6 Å². The Labute approximate surface area is 84.6 Å². The zero-order chi connectivity index (χ0) is 9.84. The summed E-state index contributed by atoms with van der Waals surface area (Å²) in [5.74, 6) is 0.686. The molecule has 0 fully saturated rings. The summed E-state index contributed by atoms with van der Waals surface area (Å²) in [5.41, 5.74) is 0. The van der Waals surface area contributed by atoms with Crippen molar-refractivity contribution < 1.29 is 0 Å². The standard InChI is InChI=1S/C10H18N2S/c1-8(2)7-12(9(3)4)10-11-5-6-13-10/h5-6,8-9H,7H2,1-4H3. The molecule has 0 atom stereocenters. The van der Waals surface area contributed by atoms with E-state index in [1.165, 1.54) is 0 Å². The lowest BCUT2D eigenvalue weighted by Gasteiger charge is -2.27. The van der Waals surface area contributed by atoms with Crippen molar-refractivity contribution in [2.75, 3.05) is 11.4 Å². The van der Waals surface area contributed by atoms with Crippen molar-refractivity contribution in [1.82, 2.24) is 4.98 Å². The van der Waals surface area contributed by atoms with Gasteiger partial charge in [-0.25, -0.2) is 4.98 Å². The van der Waals surface area contributed by atoms with Crippen LogP contribution in [0.15, 0.2) is 11.6 Å². The van der Waals surface area contributed by atoms with Gasteiger partial charge in [0.05, 0.1) is 0 Å². The van der Waals surface area contributed by atoms with E-state index in [0.29, 0.717) is 12.0 Å². The maximum absolute atomic E-state index is 4.34. The van der Waals surface area contributed by atoms with Crippen LogP contribution in [0.5, 0.6) is 0 Å². The molecule has 0 aliphatic heterocycles. The second-order valence-electron chi connectivity index (χ2n) is 3.95. The first kappa shape index (κ1) is 10.5. The van der Waals surface area contributed by atoms with Gasteiger partial charge in [0, 0.05) is 24.2 Å². The van der Waals surface area contributed by atoms with E-state index in [9.17, 15) is 0 Å². The molecule has 13 heavy (non-hydrogen) atoms. The maximum Gasteiger partial charge on any atom is 0.185 e. The van der Waals surface area contributed by atoms with E-state index in [1.54, 1.807) is 11.3 Å². The third-order valence-electron chi connectivity index (χ3n) is 1.85. The monoisotopic (exact) mass is 198 g/mol. The van der Waals surface area contributed by atoms with Gasteiger partial charge in [0.2, 0.25) is 0 Å². The smallest absolute Gasteiger partial charge is 0.185 e. The fourth-order valence-corrected chi connectivity index (χ4v) is 2.05. The van der Waals surface area contributed by atoms with Crippen molar-refractivity contribution in [2.45, 2.75) is 33.7 Å². The average molecular weight is 198 g/mol. The predicted octanol–water partition coefficient (Wildman–Crippen LogP) is 3.01. The fourth-order valence-electron chi connectivity index (χ4n) is 1.26. The molecule has 1 aromatic rings. The molecular formula is C10H18N2S. The first-order valence-corrected chi connectivity index (χ1v) is 5.65. The second-order valence-corrected chi connectivity index (χ2v) is 4.83. The number of anilines is 1. The lowest BCUT2D eigenvalue weighted by molar-refractivity contribution is 0.570. The number of thiazole rings is 1. The highest BCUT2D eigenvalue weighted by Crippen LogP contribution is 2.20. The highest BCUT2D eigenvalue weighted by atomic mass is 32.1. The molecule has 0 saturated carbocycles. The Kier molecular flexibility index (Phi) is 3.72. The van der Waals surface area contributed by atoms with Crippen LogP contribution < -0.4 is 4.90 Å². The number of aromatic nitrogens is 1. The lowest BCUT2D eigenvalue weighted by atomic mass is 10.2. The fraction of sp³-hybridized carbons (Fsp3) is 0.700. The minimum Gasteiger partial charge on any atom is -0.345 e. The Morgan fingerprint density at radius 1 is 1.38 bits per heavy atom. The largest absolute Gasteiger partial charge is 0.345 e.